The summed E-state index contributed by atoms with van der Waals surface area (Å²) in [6, 6.07) is 5.93. The summed E-state index contributed by atoms with van der Waals surface area (Å²) in [5.74, 6) is 0. The van der Waals surface area contributed by atoms with Gasteiger partial charge >= 0.3 is 0 Å². The minimum atomic E-state index is -1.04. The van der Waals surface area contributed by atoms with Gasteiger partial charge in [0.15, 0.2) is 12.3 Å². The molecule has 8 nitrogen and oxygen atoms in total. The van der Waals surface area contributed by atoms with Crippen LogP contribution >= 0.6 is 0 Å². The number of hydrogen-bond acceptors (Lipinski definition) is 8. The Morgan fingerprint density at radius 3 is 1.05 bits per heavy atom. The zero-order valence-electron chi connectivity index (χ0n) is 9.89. The third-order valence-corrected chi connectivity index (χ3v) is 2.23. The SMILES string of the molecule is O=C=NC(N=C=O)c1ccc(C(N=C=O)N=C=O)cc1. The van der Waals surface area contributed by atoms with E-state index in [4.69, 9.17) is 0 Å². The van der Waals surface area contributed by atoms with Crippen LogP contribution in [0.2, 0.25) is 0 Å². The summed E-state index contributed by atoms with van der Waals surface area (Å²) in [5, 5.41) is 0. The third-order valence-electron chi connectivity index (χ3n) is 2.23. The van der Waals surface area contributed by atoms with Crippen molar-refractivity contribution in [2.45, 2.75) is 12.3 Å². The van der Waals surface area contributed by atoms with Crippen LogP contribution in [0.25, 0.3) is 0 Å². The molecule has 0 N–H and O–H groups in total. The highest BCUT2D eigenvalue weighted by Gasteiger charge is 2.11. The van der Waals surface area contributed by atoms with E-state index in [1.165, 1.54) is 48.6 Å². The first kappa shape index (κ1) is 14.8. The Bertz CT molecular complexity index is 564. The van der Waals surface area contributed by atoms with Crippen LogP contribution in [0.4, 0.5) is 0 Å². The smallest absolute Gasteiger partial charge is 0.211 e. The Kier molecular flexibility index (Phi) is 5.88. The molecule has 1 aromatic rings. The average Bonchev–Trinajstić information content (AvgIpc) is 2.47. The van der Waals surface area contributed by atoms with Gasteiger partial charge in [0.1, 0.15) is 0 Å². The van der Waals surface area contributed by atoms with Gasteiger partial charge in [0.2, 0.25) is 24.3 Å². The number of aliphatic imine (C=N–C) groups is 4. The first-order valence-electron chi connectivity index (χ1n) is 5.14. The van der Waals surface area contributed by atoms with Gasteiger partial charge < -0.3 is 0 Å². The number of carbonyl (C=O) groups excluding carboxylic acids is 4. The van der Waals surface area contributed by atoms with Crippen molar-refractivity contribution in [3.63, 3.8) is 0 Å². The van der Waals surface area contributed by atoms with E-state index in [0.29, 0.717) is 11.1 Å². The standard InChI is InChI=1S/C12H6N4O4/c17-5-13-11(14-6-18)9-1-2-10(4-3-9)12(15-7-19)16-8-20/h1-4,11-12H. The van der Waals surface area contributed by atoms with Crippen molar-refractivity contribution in [2.75, 3.05) is 0 Å². The third kappa shape index (κ3) is 3.89. The van der Waals surface area contributed by atoms with Crippen LogP contribution in [0, 0.1) is 0 Å². The maximum atomic E-state index is 10.2. The van der Waals surface area contributed by atoms with E-state index in [0.717, 1.165) is 0 Å². The molecular weight excluding hydrogens is 264 g/mol. The molecular formula is C12H6N4O4. The quantitative estimate of drug-likeness (QED) is 0.566. The Balaban J connectivity index is 3.14. The lowest BCUT2D eigenvalue weighted by atomic mass is 10.1. The van der Waals surface area contributed by atoms with Crippen LogP contribution in [-0.2, 0) is 19.2 Å². The molecule has 0 aliphatic carbocycles. The van der Waals surface area contributed by atoms with Crippen LogP contribution in [-0.4, -0.2) is 24.3 Å². The Labute approximate surface area is 112 Å². The normalized spacial score (nSPS) is 11.6. The molecule has 0 saturated heterocycles. The van der Waals surface area contributed by atoms with Crippen molar-refractivity contribution in [2.24, 2.45) is 20.0 Å². The van der Waals surface area contributed by atoms with Crippen molar-refractivity contribution in [1.82, 2.24) is 0 Å². The van der Waals surface area contributed by atoms with Crippen LogP contribution in [0.5, 0.6) is 0 Å². The molecule has 0 amide bonds. The number of rotatable bonds is 6. The molecule has 0 radical (unpaired) electrons. The van der Waals surface area contributed by atoms with E-state index in [9.17, 15) is 19.2 Å². The fourth-order valence-electron chi connectivity index (χ4n) is 1.40. The maximum absolute atomic E-state index is 10.2. The molecule has 0 bridgehead atoms. The molecule has 1 rings (SSSR count). The molecule has 0 aliphatic rings. The van der Waals surface area contributed by atoms with E-state index in [1.807, 2.05) is 0 Å². The molecule has 0 heterocycles. The molecule has 0 unspecified atom stereocenters. The summed E-state index contributed by atoms with van der Waals surface area (Å²) in [6.45, 7) is 0. The molecule has 0 spiro atoms. The zero-order valence-corrected chi connectivity index (χ0v) is 9.89. The van der Waals surface area contributed by atoms with Gasteiger partial charge in [-0.2, -0.15) is 20.0 Å². The molecule has 8 heteroatoms. The molecule has 0 atom stereocenters. The van der Waals surface area contributed by atoms with Gasteiger partial charge in [-0.05, 0) is 11.1 Å². The van der Waals surface area contributed by atoms with E-state index in [-0.39, 0.29) is 0 Å². The lowest BCUT2D eigenvalue weighted by molar-refractivity contribution is 0.549. The van der Waals surface area contributed by atoms with Gasteiger partial charge in [0.05, 0.1) is 0 Å². The predicted molar refractivity (Wildman–Crippen MR) is 64.4 cm³/mol. The van der Waals surface area contributed by atoms with Gasteiger partial charge in [-0.1, -0.05) is 24.3 Å². The molecule has 0 aliphatic heterocycles. The van der Waals surface area contributed by atoms with Crippen molar-refractivity contribution >= 4 is 24.3 Å². The molecule has 0 saturated carbocycles. The monoisotopic (exact) mass is 270 g/mol. The van der Waals surface area contributed by atoms with Gasteiger partial charge in [0.25, 0.3) is 0 Å². The summed E-state index contributed by atoms with van der Waals surface area (Å²) in [4.78, 5) is 54.1. The van der Waals surface area contributed by atoms with Gasteiger partial charge in [0, 0.05) is 0 Å². The minimum Gasteiger partial charge on any atom is -0.211 e. The van der Waals surface area contributed by atoms with E-state index in [1.54, 1.807) is 0 Å². The first-order chi connectivity index (χ1) is 9.76. The van der Waals surface area contributed by atoms with Crippen molar-refractivity contribution in [3.05, 3.63) is 35.4 Å². The fraction of sp³-hybridized carbons (Fsp3) is 0.167. The van der Waals surface area contributed by atoms with Crippen LogP contribution in [0.3, 0.4) is 0 Å². The minimum absolute atomic E-state index is 0.421. The molecule has 0 aromatic heterocycles. The molecule has 1 aromatic carbocycles. The highest BCUT2D eigenvalue weighted by Crippen LogP contribution is 2.23. The topological polar surface area (TPSA) is 118 Å². The van der Waals surface area contributed by atoms with Gasteiger partial charge in [-0.15, -0.1) is 0 Å². The lowest BCUT2D eigenvalue weighted by Gasteiger charge is -2.07. The van der Waals surface area contributed by atoms with Crippen molar-refractivity contribution in [1.29, 1.82) is 0 Å². The average molecular weight is 270 g/mol. The number of benzene rings is 1. The second-order valence-corrected chi connectivity index (χ2v) is 3.30. The maximum Gasteiger partial charge on any atom is 0.237 e. The molecule has 20 heavy (non-hydrogen) atoms. The van der Waals surface area contributed by atoms with Gasteiger partial charge in [-0.3, -0.25) is 0 Å². The van der Waals surface area contributed by atoms with Gasteiger partial charge in [-0.25, -0.2) is 19.2 Å². The summed E-state index contributed by atoms with van der Waals surface area (Å²) >= 11 is 0. The number of hydrogen-bond donors (Lipinski definition) is 0. The summed E-state index contributed by atoms with van der Waals surface area (Å²) in [5.41, 5.74) is 0.841. The summed E-state index contributed by atoms with van der Waals surface area (Å²) in [7, 11) is 0. The van der Waals surface area contributed by atoms with Crippen molar-refractivity contribution in [3.8, 4) is 0 Å². The molecule has 98 valence electrons. The highest BCUT2D eigenvalue weighted by atomic mass is 16.1. The van der Waals surface area contributed by atoms with E-state index in [2.05, 4.69) is 20.0 Å². The first-order valence-corrected chi connectivity index (χ1v) is 5.14. The second kappa shape index (κ2) is 7.95. The lowest BCUT2D eigenvalue weighted by Crippen LogP contribution is -1.95. The van der Waals surface area contributed by atoms with Crippen LogP contribution in [0.1, 0.15) is 23.5 Å². The van der Waals surface area contributed by atoms with Crippen molar-refractivity contribution < 1.29 is 19.2 Å². The predicted octanol–water partition coefficient (Wildman–Crippen LogP) is 1.03. The number of isocyanates is 4. The molecule has 0 fully saturated rings. The van der Waals surface area contributed by atoms with E-state index < -0.39 is 12.3 Å². The second-order valence-electron chi connectivity index (χ2n) is 3.30. The van der Waals surface area contributed by atoms with Crippen LogP contribution < -0.4 is 0 Å². The largest absolute Gasteiger partial charge is 0.237 e. The summed E-state index contributed by atoms with van der Waals surface area (Å²) < 4.78 is 0. The Morgan fingerprint density at radius 2 is 0.850 bits per heavy atom. The summed E-state index contributed by atoms with van der Waals surface area (Å²) in [6.07, 6.45) is 3.09. The van der Waals surface area contributed by atoms with E-state index >= 15 is 0 Å². The number of nitrogens with zero attached hydrogens (tertiary/aromatic N) is 4. The highest BCUT2D eigenvalue weighted by molar-refractivity contribution is 5.42. The van der Waals surface area contributed by atoms with Crippen LogP contribution in [0.15, 0.2) is 44.2 Å². The zero-order chi connectivity index (χ0) is 14.8. The fourth-order valence-corrected chi connectivity index (χ4v) is 1.40. The Morgan fingerprint density at radius 1 is 0.600 bits per heavy atom. The Hall–Kier alpha value is -3.26.